The summed E-state index contributed by atoms with van der Waals surface area (Å²) in [6, 6.07) is 15.8. The van der Waals surface area contributed by atoms with Gasteiger partial charge in [-0.15, -0.1) is 15.3 Å². The molecule has 136 valence electrons. The molecular formula is C19H17ClN6S. The first-order chi connectivity index (χ1) is 13.1. The molecule has 4 rings (SSSR count). The number of aromatic nitrogens is 6. The number of benzene rings is 2. The van der Waals surface area contributed by atoms with Crippen LogP contribution in [0.5, 0.6) is 0 Å². The van der Waals surface area contributed by atoms with Crippen LogP contribution in [0.25, 0.3) is 16.9 Å². The molecule has 0 radical (unpaired) electrons. The van der Waals surface area contributed by atoms with Crippen LogP contribution in [0.2, 0.25) is 5.02 Å². The fourth-order valence-corrected chi connectivity index (χ4v) is 3.77. The third kappa shape index (κ3) is 3.89. The van der Waals surface area contributed by atoms with E-state index in [4.69, 9.17) is 11.6 Å². The van der Waals surface area contributed by atoms with E-state index in [1.54, 1.807) is 29.1 Å². The molecule has 6 nitrogen and oxygen atoms in total. The first-order valence-corrected chi connectivity index (χ1v) is 9.65. The van der Waals surface area contributed by atoms with Crippen LogP contribution in [0.15, 0.2) is 66.2 Å². The monoisotopic (exact) mass is 396 g/mol. The third-order valence-electron chi connectivity index (χ3n) is 4.13. The number of aryl methyl sites for hydroxylation is 1. The van der Waals surface area contributed by atoms with E-state index in [9.17, 15) is 0 Å². The molecule has 8 heteroatoms. The lowest BCUT2D eigenvalue weighted by Crippen LogP contribution is -2.01. The van der Waals surface area contributed by atoms with Crippen LogP contribution in [0.4, 0.5) is 0 Å². The molecule has 0 fully saturated rings. The number of rotatable bonds is 5. The summed E-state index contributed by atoms with van der Waals surface area (Å²) in [5.41, 5.74) is 3.80. The summed E-state index contributed by atoms with van der Waals surface area (Å²) in [7, 11) is 1.94. The highest BCUT2D eigenvalue weighted by Crippen LogP contribution is 2.33. The predicted octanol–water partition coefficient (Wildman–Crippen LogP) is 4.57. The lowest BCUT2D eigenvalue weighted by molar-refractivity contribution is 0.752. The van der Waals surface area contributed by atoms with Gasteiger partial charge in [0, 0.05) is 22.9 Å². The second kappa shape index (κ2) is 7.54. The summed E-state index contributed by atoms with van der Waals surface area (Å²) in [5, 5.41) is 18.9. The predicted molar refractivity (Wildman–Crippen MR) is 107 cm³/mol. The third-order valence-corrected chi connectivity index (χ3v) is 5.58. The fourth-order valence-electron chi connectivity index (χ4n) is 2.68. The van der Waals surface area contributed by atoms with Crippen molar-refractivity contribution in [3.8, 4) is 16.9 Å². The van der Waals surface area contributed by atoms with Gasteiger partial charge < -0.3 is 4.57 Å². The standard InChI is InChI=1S/C19H17ClN6S/c1-13(27-19-23-21-12-25(19)2)14-5-4-8-17(10-14)26-22-11-18(24-26)15-6-3-7-16(20)9-15/h3-13H,1-2H3. The molecule has 0 saturated carbocycles. The minimum Gasteiger partial charge on any atom is -0.312 e. The Morgan fingerprint density at radius 2 is 1.96 bits per heavy atom. The second-order valence-corrected chi connectivity index (χ2v) is 7.85. The van der Waals surface area contributed by atoms with Crippen LogP contribution in [0.3, 0.4) is 0 Å². The molecular weight excluding hydrogens is 380 g/mol. The molecule has 0 N–H and O–H groups in total. The molecule has 2 aromatic carbocycles. The Morgan fingerprint density at radius 3 is 2.74 bits per heavy atom. The zero-order valence-corrected chi connectivity index (χ0v) is 16.4. The van der Waals surface area contributed by atoms with Gasteiger partial charge in [-0.05, 0) is 36.8 Å². The zero-order chi connectivity index (χ0) is 18.8. The van der Waals surface area contributed by atoms with Gasteiger partial charge in [0.15, 0.2) is 5.16 Å². The maximum absolute atomic E-state index is 6.07. The molecule has 0 aliphatic carbocycles. The van der Waals surface area contributed by atoms with Crippen molar-refractivity contribution in [2.75, 3.05) is 0 Å². The van der Waals surface area contributed by atoms with Crippen molar-refractivity contribution in [2.24, 2.45) is 7.05 Å². The fraction of sp³-hybridized carbons (Fsp3) is 0.158. The molecule has 2 heterocycles. The minimum absolute atomic E-state index is 0.218. The molecule has 0 spiro atoms. The van der Waals surface area contributed by atoms with Gasteiger partial charge in [0.1, 0.15) is 12.0 Å². The van der Waals surface area contributed by atoms with E-state index in [1.165, 1.54) is 5.56 Å². The number of hydrogen-bond acceptors (Lipinski definition) is 5. The average Bonchev–Trinajstić information content (AvgIpc) is 3.32. The minimum atomic E-state index is 0.218. The van der Waals surface area contributed by atoms with Gasteiger partial charge in [-0.25, -0.2) is 0 Å². The van der Waals surface area contributed by atoms with Crippen molar-refractivity contribution < 1.29 is 0 Å². The van der Waals surface area contributed by atoms with Gasteiger partial charge in [-0.3, -0.25) is 0 Å². The SMILES string of the molecule is CC(Sc1nncn1C)c1cccc(-n2ncc(-c3cccc(Cl)c3)n2)c1. The smallest absolute Gasteiger partial charge is 0.191 e. The van der Waals surface area contributed by atoms with E-state index in [0.717, 1.165) is 22.1 Å². The first kappa shape index (κ1) is 17.8. The number of thioether (sulfide) groups is 1. The van der Waals surface area contributed by atoms with Crippen LogP contribution < -0.4 is 0 Å². The van der Waals surface area contributed by atoms with Gasteiger partial charge in [-0.2, -0.15) is 9.90 Å². The highest BCUT2D eigenvalue weighted by molar-refractivity contribution is 7.99. The molecule has 0 aliphatic rings. The summed E-state index contributed by atoms with van der Waals surface area (Å²) >= 11 is 7.74. The Labute approximate surface area is 166 Å². The number of halogens is 1. The highest BCUT2D eigenvalue weighted by atomic mass is 35.5. The van der Waals surface area contributed by atoms with E-state index in [2.05, 4.69) is 39.5 Å². The van der Waals surface area contributed by atoms with E-state index >= 15 is 0 Å². The van der Waals surface area contributed by atoms with Crippen molar-refractivity contribution in [2.45, 2.75) is 17.3 Å². The zero-order valence-electron chi connectivity index (χ0n) is 14.8. The Kier molecular flexibility index (Phi) is 4.96. The summed E-state index contributed by atoms with van der Waals surface area (Å²) < 4.78 is 1.91. The van der Waals surface area contributed by atoms with Crippen LogP contribution in [0, 0.1) is 0 Å². The number of hydrogen-bond donors (Lipinski definition) is 0. The Balaban J connectivity index is 1.58. The highest BCUT2D eigenvalue weighted by Gasteiger charge is 2.13. The lowest BCUT2D eigenvalue weighted by atomic mass is 10.1. The van der Waals surface area contributed by atoms with Crippen molar-refractivity contribution in [1.29, 1.82) is 0 Å². The molecule has 0 saturated heterocycles. The van der Waals surface area contributed by atoms with Crippen LogP contribution in [-0.2, 0) is 7.05 Å². The van der Waals surface area contributed by atoms with Gasteiger partial charge in [0.25, 0.3) is 0 Å². The van der Waals surface area contributed by atoms with Crippen molar-refractivity contribution in [3.63, 3.8) is 0 Å². The number of nitrogens with zero attached hydrogens (tertiary/aromatic N) is 6. The van der Waals surface area contributed by atoms with Crippen molar-refractivity contribution >= 4 is 23.4 Å². The van der Waals surface area contributed by atoms with E-state index in [0.29, 0.717) is 5.02 Å². The normalized spacial score (nSPS) is 12.3. The summed E-state index contributed by atoms with van der Waals surface area (Å²) in [4.78, 5) is 1.64. The maximum atomic E-state index is 6.07. The maximum Gasteiger partial charge on any atom is 0.191 e. The van der Waals surface area contributed by atoms with Crippen LogP contribution in [0.1, 0.15) is 17.7 Å². The first-order valence-electron chi connectivity index (χ1n) is 8.39. The summed E-state index contributed by atoms with van der Waals surface area (Å²) in [6.45, 7) is 2.15. The van der Waals surface area contributed by atoms with Crippen molar-refractivity contribution in [3.05, 3.63) is 71.6 Å². The molecule has 0 aliphatic heterocycles. The second-order valence-electron chi connectivity index (χ2n) is 6.11. The van der Waals surface area contributed by atoms with Gasteiger partial charge in [0.2, 0.25) is 0 Å². The van der Waals surface area contributed by atoms with Crippen molar-refractivity contribution in [1.82, 2.24) is 29.8 Å². The molecule has 27 heavy (non-hydrogen) atoms. The Morgan fingerprint density at radius 1 is 1.11 bits per heavy atom. The summed E-state index contributed by atoms with van der Waals surface area (Å²) in [6.07, 6.45) is 3.45. The van der Waals surface area contributed by atoms with Crippen LogP contribution in [-0.4, -0.2) is 29.8 Å². The van der Waals surface area contributed by atoms with Gasteiger partial charge >= 0.3 is 0 Å². The molecule has 4 aromatic rings. The van der Waals surface area contributed by atoms with E-state index < -0.39 is 0 Å². The Bertz CT molecular complexity index is 1070. The molecule has 0 amide bonds. The lowest BCUT2D eigenvalue weighted by Gasteiger charge is -2.12. The average molecular weight is 397 g/mol. The van der Waals surface area contributed by atoms with Gasteiger partial charge in [0.05, 0.1) is 11.9 Å². The summed E-state index contributed by atoms with van der Waals surface area (Å²) in [5.74, 6) is 0. The molecule has 1 atom stereocenters. The molecule has 2 aromatic heterocycles. The van der Waals surface area contributed by atoms with Crippen LogP contribution >= 0.6 is 23.4 Å². The quantitative estimate of drug-likeness (QED) is 0.462. The largest absolute Gasteiger partial charge is 0.312 e. The molecule has 1 unspecified atom stereocenters. The topological polar surface area (TPSA) is 61.4 Å². The van der Waals surface area contributed by atoms with E-state index in [-0.39, 0.29) is 5.25 Å². The van der Waals surface area contributed by atoms with Gasteiger partial charge in [-0.1, -0.05) is 47.6 Å². The Hall–Kier alpha value is -2.64. The molecule has 0 bridgehead atoms. The van der Waals surface area contributed by atoms with E-state index in [1.807, 2.05) is 48.0 Å².